The highest BCUT2D eigenvalue weighted by atomic mass is 19.3. The highest BCUT2D eigenvalue weighted by Gasteiger charge is 2.42. The van der Waals surface area contributed by atoms with Crippen molar-refractivity contribution in [2.75, 3.05) is 6.61 Å². The van der Waals surface area contributed by atoms with Crippen LogP contribution in [0.1, 0.15) is 27.7 Å². The second-order valence-corrected chi connectivity index (χ2v) is 3.43. The lowest BCUT2D eigenvalue weighted by Crippen LogP contribution is -2.37. The summed E-state index contributed by atoms with van der Waals surface area (Å²) < 4.78 is 30.4. The van der Waals surface area contributed by atoms with Crippen molar-refractivity contribution in [3.63, 3.8) is 0 Å². The number of ether oxygens (including phenoxy) is 1. The smallest absolute Gasteiger partial charge is 0.315 e. The van der Waals surface area contributed by atoms with Crippen LogP contribution in [0.25, 0.3) is 0 Å². The van der Waals surface area contributed by atoms with Crippen molar-refractivity contribution < 1.29 is 18.3 Å². The lowest BCUT2D eigenvalue weighted by Gasteiger charge is -2.24. The quantitative estimate of drug-likeness (QED) is 0.642. The van der Waals surface area contributed by atoms with Crippen LogP contribution in [0.3, 0.4) is 0 Å². The fraction of sp³-hybridized carbons (Fsp3) is 0.889. The van der Waals surface area contributed by atoms with Crippen LogP contribution in [0.4, 0.5) is 8.78 Å². The molecule has 0 N–H and O–H groups in total. The Labute approximate surface area is 77.3 Å². The molecule has 0 spiro atoms. The molecule has 0 aliphatic heterocycles. The Bertz CT molecular complexity index is 173. The predicted octanol–water partition coefficient (Wildman–Crippen LogP) is 2.48. The molecule has 0 rings (SSSR count). The summed E-state index contributed by atoms with van der Waals surface area (Å²) in [5.41, 5.74) is 0. The molecule has 1 atom stereocenters. The van der Waals surface area contributed by atoms with Crippen molar-refractivity contribution in [1.29, 1.82) is 0 Å². The van der Waals surface area contributed by atoms with Crippen molar-refractivity contribution in [1.82, 2.24) is 0 Å². The molecule has 2 nitrogen and oxygen atoms in total. The standard InChI is InChI=1S/C9H16F2O2/c1-5-13-8(12)7(6(2)3)9(4,10)11/h6-7H,5H2,1-4H3. The van der Waals surface area contributed by atoms with Crippen LogP contribution in [0, 0.1) is 11.8 Å². The van der Waals surface area contributed by atoms with Crippen LogP contribution < -0.4 is 0 Å². The lowest BCUT2D eigenvalue weighted by molar-refractivity contribution is -0.165. The molecule has 13 heavy (non-hydrogen) atoms. The van der Waals surface area contributed by atoms with E-state index in [2.05, 4.69) is 4.74 Å². The summed E-state index contributed by atoms with van der Waals surface area (Å²) in [6.45, 7) is 5.65. The fourth-order valence-corrected chi connectivity index (χ4v) is 1.30. The highest BCUT2D eigenvalue weighted by molar-refractivity contribution is 5.73. The van der Waals surface area contributed by atoms with E-state index in [4.69, 9.17) is 0 Å². The zero-order chi connectivity index (χ0) is 10.6. The van der Waals surface area contributed by atoms with Crippen molar-refractivity contribution in [3.8, 4) is 0 Å². The number of esters is 1. The van der Waals surface area contributed by atoms with Crippen LogP contribution >= 0.6 is 0 Å². The van der Waals surface area contributed by atoms with E-state index in [1.54, 1.807) is 20.8 Å². The molecule has 0 fully saturated rings. The van der Waals surface area contributed by atoms with Gasteiger partial charge in [-0.3, -0.25) is 4.79 Å². The first kappa shape index (κ1) is 12.3. The molecule has 1 unspecified atom stereocenters. The highest BCUT2D eigenvalue weighted by Crippen LogP contribution is 2.30. The third kappa shape index (κ3) is 3.70. The largest absolute Gasteiger partial charge is 0.466 e. The third-order valence-electron chi connectivity index (χ3n) is 1.75. The second kappa shape index (κ2) is 4.53. The molecule has 0 radical (unpaired) electrons. The maximum Gasteiger partial charge on any atom is 0.315 e. The zero-order valence-corrected chi connectivity index (χ0v) is 8.43. The summed E-state index contributed by atoms with van der Waals surface area (Å²) >= 11 is 0. The minimum atomic E-state index is -3.01. The maximum atomic E-state index is 12.9. The van der Waals surface area contributed by atoms with Gasteiger partial charge in [0.25, 0.3) is 5.92 Å². The van der Waals surface area contributed by atoms with Gasteiger partial charge in [0.1, 0.15) is 5.92 Å². The first-order chi connectivity index (χ1) is 5.80. The van der Waals surface area contributed by atoms with Gasteiger partial charge in [-0.1, -0.05) is 13.8 Å². The summed E-state index contributed by atoms with van der Waals surface area (Å²) in [5.74, 6) is -5.59. The lowest BCUT2D eigenvalue weighted by atomic mass is 9.90. The van der Waals surface area contributed by atoms with Crippen LogP contribution in [0.2, 0.25) is 0 Å². The maximum absolute atomic E-state index is 12.9. The predicted molar refractivity (Wildman–Crippen MR) is 45.6 cm³/mol. The topological polar surface area (TPSA) is 26.3 Å². The second-order valence-electron chi connectivity index (χ2n) is 3.43. The molecular weight excluding hydrogens is 178 g/mol. The van der Waals surface area contributed by atoms with Crippen LogP contribution in [-0.2, 0) is 9.53 Å². The van der Waals surface area contributed by atoms with Gasteiger partial charge in [0.05, 0.1) is 6.61 Å². The SMILES string of the molecule is CCOC(=O)C(C(C)C)C(C)(F)F. The van der Waals surface area contributed by atoms with Crippen molar-refractivity contribution in [2.24, 2.45) is 11.8 Å². The number of hydrogen-bond donors (Lipinski definition) is 0. The number of alkyl halides is 2. The number of hydrogen-bond acceptors (Lipinski definition) is 2. The minimum absolute atomic E-state index is 0.137. The zero-order valence-electron chi connectivity index (χ0n) is 8.43. The minimum Gasteiger partial charge on any atom is -0.466 e. The van der Waals surface area contributed by atoms with Gasteiger partial charge in [-0.25, -0.2) is 8.78 Å². The Morgan fingerprint density at radius 2 is 1.92 bits per heavy atom. The summed E-state index contributed by atoms with van der Waals surface area (Å²) in [7, 11) is 0. The number of halogens is 2. The van der Waals surface area contributed by atoms with E-state index in [-0.39, 0.29) is 6.61 Å². The van der Waals surface area contributed by atoms with Gasteiger partial charge in [-0.05, 0) is 12.8 Å². The molecule has 0 aliphatic rings. The Morgan fingerprint density at radius 3 is 2.15 bits per heavy atom. The molecule has 0 amide bonds. The molecule has 0 aromatic rings. The van der Waals surface area contributed by atoms with Crippen molar-refractivity contribution >= 4 is 5.97 Å². The van der Waals surface area contributed by atoms with E-state index in [0.717, 1.165) is 6.92 Å². The van der Waals surface area contributed by atoms with E-state index in [1.807, 2.05) is 0 Å². The van der Waals surface area contributed by atoms with Crippen LogP contribution in [-0.4, -0.2) is 18.5 Å². The van der Waals surface area contributed by atoms with Gasteiger partial charge >= 0.3 is 5.97 Å². The number of carbonyl (C=O) groups excluding carboxylic acids is 1. The first-order valence-corrected chi connectivity index (χ1v) is 4.35. The Hall–Kier alpha value is -0.670. The summed E-state index contributed by atoms with van der Waals surface area (Å²) in [4.78, 5) is 11.1. The summed E-state index contributed by atoms with van der Waals surface area (Å²) in [6, 6.07) is 0. The third-order valence-corrected chi connectivity index (χ3v) is 1.75. The van der Waals surface area contributed by atoms with E-state index in [1.165, 1.54) is 0 Å². The normalized spacial score (nSPS) is 14.4. The average Bonchev–Trinajstić information content (AvgIpc) is 1.82. The molecule has 0 saturated carbocycles. The molecule has 0 heterocycles. The van der Waals surface area contributed by atoms with Gasteiger partial charge in [0, 0.05) is 6.92 Å². The van der Waals surface area contributed by atoms with E-state index in [0.29, 0.717) is 0 Å². The van der Waals surface area contributed by atoms with Gasteiger partial charge in [-0.15, -0.1) is 0 Å². The molecule has 78 valence electrons. The molecule has 0 aromatic carbocycles. The van der Waals surface area contributed by atoms with Gasteiger partial charge in [0.2, 0.25) is 0 Å². The van der Waals surface area contributed by atoms with Crippen LogP contribution in [0.15, 0.2) is 0 Å². The van der Waals surface area contributed by atoms with Gasteiger partial charge in [-0.2, -0.15) is 0 Å². The van der Waals surface area contributed by atoms with E-state index in [9.17, 15) is 13.6 Å². The Morgan fingerprint density at radius 1 is 1.46 bits per heavy atom. The monoisotopic (exact) mass is 194 g/mol. The fourth-order valence-electron chi connectivity index (χ4n) is 1.30. The number of carbonyl (C=O) groups is 1. The molecule has 0 aliphatic carbocycles. The number of rotatable bonds is 4. The molecular formula is C9H16F2O2. The summed E-state index contributed by atoms with van der Waals surface area (Å²) in [6.07, 6.45) is 0. The molecule has 4 heteroatoms. The van der Waals surface area contributed by atoms with E-state index >= 15 is 0 Å². The molecule has 0 saturated heterocycles. The Balaban J connectivity index is 4.52. The van der Waals surface area contributed by atoms with Gasteiger partial charge in [0.15, 0.2) is 0 Å². The van der Waals surface area contributed by atoms with E-state index < -0.39 is 23.7 Å². The van der Waals surface area contributed by atoms with Crippen LogP contribution in [0.5, 0.6) is 0 Å². The Kier molecular flexibility index (Phi) is 4.30. The molecule has 0 aromatic heterocycles. The van der Waals surface area contributed by atoms with Gasteiger partial charge < -0.3 is 4.74 Å². The summed E-state index contributed by atoms with van der Waals surface area (Å²) in [5, 5.41) is 0. The van der Waals surface area contributed by atoms with Crippen molar-refractivity contribution in [3.05, 3.63) is 0 Å². The molecule has 0 bridgehead atoms. The average molecular weight is 194 g/mol. The van der Waals surface area contributed by atoms with Crippen molar-refractivity contribution in [2.45, 2.75) is 33.6 Å². The first-order valence-electron chi connectivity index (χ1n) is 4.35.